The van der Waals surface area contributed by atoms with Crippen LogP contribution in [0.5, 0.6) is 0 Å². The van der Waals surface area contributed by atoms with Crippen LogP contribution < -0.4 is 10.6 Å². The molecule has 3 rings (SSSR count). The minimum absolute atomic E-state index is 0. The summed E-state index contributed by atoms with van der Waals surface area (Å²) in [5.41, 5.74) is 1.33. The van der Waals surface area contributed by atoms with Gasteiger partial charge >= 0.3 is 5.97 Å². The van der Waals surface area contributed by atoms with Gasteiger partial charge in [-0.15, -0.1) is 12.4 Å². The van der Waals surface area contributed by atoms with Gasteiger partial charge in [0.05, 0.1) is 18.9 Å². The maximum atomic E-state index is 12.9. The Morgan fingerprint density at radius 3 is 3.00 bits per heavy atom. The van der Waals surface area contributed by atoms with Crippen LogP contribution in [0.1, 0.15) is 31.2 Å². The molecule has 0 radical (unpaired) electrons. The normalized spacial score (nSPS) is 25.3. The highest BCUT2D eigenvalue weighted by molar-refractivity contribution is 5.96. The van der Waals surface area contributed by atoms with Gasteiger partial charge in [0.25, 0.3) is 0 Å². The van der Waals surface area contributed by atoms with Gasteiger partial charge in [-0.25, -0.2) is 0 Å². The summed E-state index contributed by atoms with van der Waals surface area (Å²) in [6.07, 6.45) is 4.64. The van der Waals surface area contributed by atoms with Gasteiger partial charge < -0.3 is 15.4 Å². The predicted octanol–water partition coefficient (Wildman–Crippen LogP) is 2.54. The zero-order valence-corrected chi connectivity index (χ0v) is 14.8. The average Bonchev–Trinajstić information content (AvgIpc) is 3.00. The fourth-order valence-corrected chi connectivity index (χ4v) is 3.94. The lowest BCUT2D eigenvalue weighted by Crippen LogP contribution is -2.44. The molecule has 1 saturated heterocycles. The lowest BCUT2D eigenvalue weighted by atomic mass is 9.67. The van der Waals surface area contributed by atoms with E-state index in [0.29, 0.717) is 5.92 Å². The van der Waals surface area contributed by atoms with Crippen molar-refractivity contribution in [2.75, 3.05) is 25.5 Å². The minimum atomic E-state index is -0.278. The number of benzene rings is 1. The molecule has 2 fully saturated rings. The van der Waals surface area contributed by atoms with Crippen LogP contribution in [0.25, 0.3) is 0 Å². The van der Waals surface area contributed by atoms with Crippen LogP contribution in [-0.2, 0) is 20.7 Å². The summed E-state index contributed by atoms with van der Waals surface area (Å²) >= 11 is 0. The molecular formula is C18H25ClN2O3. The summed E-state index contributed by atoms with van der Waals surface area (Å²) in [7, 11) is 1.38. The van der Waals surface area contributed by atoms with Gasteiger partial charge in [-0.3, -0.25) is 9.59 Å². The number of carbonyl (C=O) groups excluding carboxylic acids is 2. The van der Waals surface area contributed by atoms with Crippen molar-refractivity contribution in [1.29, 1.82) is 0 Å². The number of methoxy groups -OCH3 is 1. The molecule has 2 atom stereocenters. The Bertz CT molecular complexity index is 608. The number of esters is 1. The molecule has 24 heavy (non-hydrogen) atoms. The first kappa shape index (κ1) is 18.7. The van der Waals surface area contributed by atoms with E-state index in [9.17, 15) is 9.59 Å². The molecule has 1 heterocycles. The van der Waals surface area contributed by atoms with E-state index in [1.165, 1.54) is 13.5 Å². The molecule has 6 heteroatoms. The summed E-state index contributed by atoms with van der Waals surface area (Å²) in [6, 6.07) is 7.45. The third-order valence-electron chi connectivity index (χ3n) is 5.25. The van der Waals surface area contributed by atoms with Crippen LogP contribution in [0.2, 0.25) is 0 Å². The van der Waals surface area contributed by atoms with Gasteiger partial charge in [-0.05, 0) is 43.0 Å². The highest BCUT2D eigenvalue weighted by Gasteiger charge is 2.49. The number of amides is 1. The van der Waals surface area contributed by atoms with E-state index in [-0.39, 0.29) is 36.1 Å². The van der Waals surface area contributed by atoms with Gasteiger partial charge in [-0.2, -0.15) is 0 Å². The summed E-state index contributed by atoms with van der Waals surface area (Å²) in [6.45, 7) is 1.71. The lowest BCUT2D eigenvalue weighted by Gasteiger charge is -2.37. The molecule has 1 aromatic carbocycles. The second kappa shape index (κ2) is 7.99. The van der Waals surface area contributed by atoms with E-state index in [0.717, 1.165) is 43.6 Å². The molecule has 0 bridgehead atoms. The van der Waals surface area contributed by atoms with E-state index in [4.69, 9.17) is 4.74 Å². The van der Waals surface area contributed by atoms with Gasteiger partial charge in [0.15, 0.2) is 0 Å². The Balaban J connectivity index is 0.00000208. The van der Waals surface area contributed by atoms with Crippen LogP contribution >= 0.6 is 12.4 Å². The Morgan fingerprint density at radius 1 is 1.38 bits per heavy atom. The fraction of sp³-hybridized carbons (Fsp3) is 0.556. The monoisotopic (exact) mass is 352 g/mol. The molecule has 0 unspecified atom stereocenters. The van der Waals surface area contributed by atoms with Crippen LogP contribution in [0.3, 0.4) is 0 Å². The van der Waals surface area contributed by atoms with E-state index in [1.54, 1.807) is 0 Å². The molecule has 1 amide bonds. The maximum absolute atomic E-state index is 12.9. The predicted molar refractivity (Wildman–Crippen MR) is 95.3 cm³/mol. The Labute approximate surface area is 148 Å². The highest BCUT2D eigenvalue weighted by atomic mass is 35.5. The molecule has 1 aliphatic heterocycles. The molecule has 5 nitrogen and oxygen atoms in total. The van der Waals surface area contributed by atoms with Crippen molar-refractivity contribution >= 4 is 30.0 Å². The molecule has 132 valence electrons. The van der Waals surface area contributed by atoms with Crippen LogP contribution in [0.15, 0.2) is 24.3 Å². The first-order chi connectivity index (χ1) is 11.1. The molecule has 1 aromatic rings. The van der Waals surface area contributed by atoms with Crippen molar-refractivity contribution in [2.45, 2.75) is 32.1 Å². The first-order valence-corrected chi connectivity index (χ1v) is 8.32. The number of rotatable bonds is 4. The van der Waals surface area contributed by atoms with Crippen molar-refractivity contribution < 1.29 is 14.3 Å². The third kappa shape index (κ3) is 3.73. The van der Waals surface area contributed by atoms with Crippen molar-refractivity contribution in [3.05, 3.63) is 29.8 Å². The Hall–Kier alpha value is -1.59. The van der Waals surface area contributed by atoms with Gasteiger partial charge in [-0.1, -0.05) is 25.0 Å². The number of halogens is 1. The quantitative estimate of drug-likeness (QED) is 0.817. The van der Waals surface area contributed by atoms with Crippen molar-refractivity contribution in [1.82, 2.24) is 5.32 Å². The molecule has 2 aliphatic rings. The summed E-state index contributed by atoms with van der Waals surface area (Å²) < 4.78 is 4.69. The molecule has 1 aliphatic carbocycles. The topological polar surface area (TPSA) is 67.4 Å². The van der Waals surface area contributed by atoms with Gasteiger partial charge in [0.1, 0.15) is 0 Å². The van der Waals surface area contributed by atoms with E-state index in [1.807, 2.05) is 24.3 Å². The van der Waals surface area contributed by atoms with E-state index < -0.39 is 0 Å². The van der Waals surface area contributed by atoms with Crippen molar-refractivity contribution in [2.24, 2.45) is 11.3 Å². The number of hydrogen-bond donors (Lipinski definition) is 2. The largest absolute Gasteiger partial charge is 0.469 e. The second-order valence-corrected chi connectivity index (χ2v) is 6.64. The number of ether oxygens (including phenoxy) is 1. The number of nitrogens with one attached hydrogen (secondary N) is 2. The van der Waals surface area contributed by atoms with Gasteiger partial charge in [0, 0.05) is 12.2 Å². The zero-order chi connectivity index (χ0) is 16.3. The number of carbonyl (C=O) groups is 2. The second-order valence-electron chi connectivity index (χ2n) is 6.64. The van der Waals surface area contributed by atoms with Crippen molar-refractivity contribution in [3.63, 3.8) is 0 Å². The first-order valence-electron chi connectivity index (χ1n) is 8.32. The Kier molecular flexibility index (Phi) is 6.24. The summed E-state index contributed by atoms with van der Waals surface area (Å²) in [5.74, 6) is 0.274. The Morgan fingerprint density at radius 2 is 2.21 bits per heavy atom. The summed E-state index contributed by atoms with van der Waals surface area (Å²) in [5, 5.41) is 6.47. The van der Waals surface area contributed by atoms with E-state index in [2.05, 4.69) is 10.6 Å². The van der Waals surface area contributed by atoms with Crippen molar-refractivity contribution in [3.8, 4) is 0 Å². The third-order valence-corrected chi connectivity index (χ3v) is 5.25. The number of fused-ring (bicyclic) bond motifs is 1. The fourth-order valence-electron chi connectivity index (χ4n) is 3.94. The summed E-state index contributed by atoms with van der Waals surface area (Å²) in [4.78, 5) is 24.3. The zero-order valence-electron chi connectivity index (χ0n) is 14.0. The number of anilines is 1. The smallest absolute Gasteiger partial charge is 0.309 e. The molecule has 1 saturated carbocycles. The van der Waals surface area contributed by atoms with Gasteiger partial charge in [0.2, 0.25) is 5.91 Å². The minimum Gasteiger partial charge on any atom is -0.469 e. The number of hydrogen-bond acceptors (Lipinski definition) is 4. The molecule has 0 spiro atoms. The SMILES string of the molecule is COC(=O)Cc1cccc(NC(=O)[C@@]23CCCC[C@H]2CNC3)c1.Cl. The maximum Gasteiger partial charge on any atom is 0.309 e. The van der Waals surface area contributed by atoms with Crippen LogP contribution in [0, 0.1) is 11.3 Å². The molecular weight excluding hydrogens is 328 g/mol. The van der Waals surface area contributed by atoms with Crippen LogP contribution in [-0.4, -0.2) is 32.1 Å². The standard InChI is InChI=1S/C18H24N2O3.ClH/c1-23-16(21)10-13-5-4-7-15(9-13)20-17(22)18-8-3-2-6-14(18)11-19-12-18;/h4-5,7,9,14,19H,2-3,6,8,10-12H2,1H3,(H,20,22);1H/t14-,18+;/m0./s1. The molecule has 2 N–H and O–H groups in total. The average molecular weight is 353 g/mol. The molecule has 0 aromatic heterocycles. The lowest BCUT2D eigenvalue weighted by molar-refractivity contribution is -0.139. The van der Waals surface area contributed by atoms with E-state index >= 15 is 0 Å². The van der Waals surface area contributed by atoms with Crippen LogP contribution in [0.4, 0.5) is 5.69 Å². The highest BCUT2D eigenvalue weighted by Crippen LogP contribution is 2.44.